The van der Waals surface area contributed by atoms with Crippen LogP contribution in [0.25, 0.3) is 0 Å². The molecule has 4 nitrogen and oxygen atoms in total. The predicted octanol–water partition coefficient (Wildman–Crippen LogP) is 2.48. The lowest BCUT2D eigenvalue weighted by atomic mass is 10.1. The van der Waals surface area contributed by atoms with Gasteiger partial charge in [0.05, 0.1) is 17.7 Å². The topological polar surface area (TPSA) is 59.3 Å². The SMILES string of the molecule is CCOC(=O)c1cc(OC(F)F)c(F)cc1C#N. The van der Waals surface area contributed by atoms with E-state index >= 15 is 0 Å². The summed E-state index contributed by atoms with van der Waals surface area (Å²) in [7, 11) is 0. The molecule has 0 aromatic heterocycles. The predicted molar refractivity (Wildman–Crippen MR) is 53.7 cm³/mol. The molecule has 0 aliphatic heterocycles. The maximum Gasteiger partial charge on any atom is 0.387 e. The number of hydrogen-bond acceptors (Lipinski definition) is 4. The molecule has 0 N–H and O–H groups in total. The van der Waals surface area contributed by atoms with Crippen molar-refractivity contribution in [3.05, 3.63) is 29.1 Å². The molecule has 18 heavy (non-hydrogen) atoms. The van der Waals surface area contributed by atoms with Gasteiger partial charge in [0.25, 0.3) is 0 Å². The normalized spacial score (nSPS) is 10.0. The van der Waals surface area contributed by atoms with Gasteiger partial charge in [-0.25, -0.2) is 9.18 Å². The van der Waals surface area contributed by atoms with Gasteiger partial charge in [-0.1, -0.05) is 0 Å². The fourth-order valence-corrected chi connectivity index (χ4v) is 1.21. The highest BCUT2D eigenvalue weighted by Crippen LogP contribution is 2.24. The number of alkyl halides is 2. The Labute approximate surface area is 101 Å². The maximum atomic E-state index is 13.3. The number of nitriles is 1. The van der Waals surface area contributed by atoms with Crippen molar-refractivity contribution in [1.82, 2.24) is 0 Å². The lowest BCUT2D eigenvalue weighted by molar-refractivity contribution is -0.0522. The molecule has 7 heteroatoms. The van der Waals surface area contributed by atoms with Crippen molar-refractivity contribution < 1.29 is 27.4 Å². The first kappa shape index (κ1) is 13.8. The van der Waals surface area contributed by atoms with Crippen LogP contribution in [-0.4, -0.2) is 19.2 Å². The molecule has 96 valence electrons. The summed E-state index contributed by atoms with van der Waals surface area (Å²) in [4.78, 5) is 11.4. The number of esters is 1. The Morgan fingerprint density at radius 2 is 2.17 bits per heavy atom. The second-order valence-corrected chi connectivity index (χ2v) is 3.04. The molecule has 0 bridgehead atoms. The molecule has 0 unspecified atom stereocenters. The number of nitrogens with zero attached hydrogens (tertiary/aromatic N) is 1. The van der Waals surface area contributed by atoms with Crippen LogP contribution in [0, 0.1) is 17.1 Å². The summed E-state index contributed by atoms with van der Waals surface area (Å²) in [6, 6.07) is 2.94. The van der Waals surface area contributed by atoms with Crippen LogP contribution in [0.15, 0.2) is 12.1 Å². The molecule has 0 aliphatic carbocycles. The Hall–Kier alpha value is -2.23. The van der Waals surface area contributed by atoms with Gasteiger partial charge in [-0.3, -0.25) is 0 Å². The Morgan fingerprint density at radius 1 is 1.50 bits per heavy atom. The number of rotatable bonds is 4. The second-order valence-electron chi connectivity index (χ2n) is 3.04. The van der Waals surface area contributed by atoms with Crippen LogP contribution in [0.5, 0.6) is 5.75 Å². The molecular formula is C11H8F3NO3. The minimum absolute atomic E-state index is 0.0338. The highest BCUT2D eigenvalue weighted by molar-refractivity contribution is 5.92. The van der Waals surface area contributed by atoms with Gasteiger partial charge in [0, 0.05) is 0 Å². The number of carbonyl (C=O) groups excluding carboxylic acids is 1. The second kappa shape index (κ2) is 5.91. The molecule has 0 radical (unpaired) electrons. The van der Waals surface area contributed by atoms with Crippen molar-refractivity contribution >= 4 is 5.97 Å². The van der Waals surface area contributed by atoms with Crippen molar-refractivity contribution in [2.24, 2.45) is 0 Å². The van der Waals surface area contributed by atoms with Crippen molar-refractivity contribution in [1.29, 1.82) is 5.26 Å². The lowest BCUT2D eigenvalue weighted by Gasteiger charge is -2.09. The Balaban J connectivity index is 3.22. The van der Waals surface area contributed by atoms with E-state index in [-0.39, 0.29) is 17.7 Å². The molecule has 0 spiro atoms. The molecule has 1 rings (SSSR count). The standard InChI is InChI=1S/C11H8F3NO3/c1-2-17-10(16)7-4-9(18-11(13)14)8(12)3-6(7)5-15/h3-4,11H,2H2,1H3. The number of benzene rings is 1. The molecule has 0 amide bonds. The number of ether oxygens (including phenoxy) is 2. The van der Waals surface area contributed by atoms with Crippen molar-refractivity contribution in [2.75, 3.05) is 6.61 Å². The van der Waals surface area contributed by atoms with Crippen LogP contribution in [0.2, 0.25) is 0 Å². The average Bonchev–Trinajstić information content (AvgIpc) is 2.30. The molecule has 1 aromatic carbocycles. The zero-order chi connectivity index (χ0) is 13.7. The smallest absolute Gasteiger partial charge is 0.387 e. The molecule has 0 fully saturated rings. The van der Waals surface area contributed by atoms with Crippen LogP contribution >= 0.6 is 0 Å². The Bertz CT molecular complexity index is 497. The van der Waals surface area contributed by atoms with E-state index in [1.54, 1.807) is 6.07 Å². The summed E-state index contributed by atoms with van der Waals surface area (Å²) in [6.07, 6.45) is 0. The highest BCUT2D eigenvalue weighted by atomic mass is 19.3. The van der Waals surface area contributed by atoms with E-state index < -0.39 is 24.1 Å². The van der Waals surface area contributed by atoms with Crippen LogP contribution in [-0.2, 0) is 4.74 Å². The summed E-state index contributed by atoms with van der Waals surface area (Å²) >= 11 is 0. The minimum atomic E-state index is -3.23. The zero-order valence-electron chi connectivity index (χ0n) is 9.25. The van der Waals surface area contributed by atoms with Crippen LogP contribution < -0.4 is 4.74 Å². The molecule has 1 aromatic rings. The average molecular weight is 259 g/mol. The van der Waals surface area contributed by atoms with Crippen LogP contribution in [0.4, 0.5) is 13.2 Å². The fraction of sp³-hybridized carbons (Fsp3) is 0.273. The summed E-state index contributed by atoms with van der Waals surface area (Å²) < 4.78 is 45.8. The molecular weight excluding hydrogens is 251 g/mol. The van der Waals surface area contributed by atoms with E-state index in [1.165, 1.54) is 6.92 Å². The largest absolute Gasteiger partial charge is 0.462 e. The third-order valence-corrected chi connectivity index (χ3v) is 1.90. The first-order valence-electron chi connectivity index (χ1n) is 4.85. The highest BCUT2D eigenvalue weighted by Gasteiger charge is 2.19. The summed E-state index contributed by atoms with van der Waals surface area (Å²) in [5.74, 6) is -2.87. The van der Waals surface area contributed by atoms with Gasteiger partial charge < -0.3 is 9.47 Å². The number of halogens is 3. The van der Waals surface area contributed by atoms with Gasteiger partial charge in [-0.15, -0.1) is 0 Å². The van der Waals surface area contributed by atoms with E-state index in [0.29, 0.717) is 6.07 Å². The van der Waals surface area contributed by atoms with E-state index in [9.17, 15) is 18.0 Å². The number of hydrogen-bond donors (Lipinski definition) is 0. The summed E-state index contributed by atoms with van der Waals surface area (Å²) in [5.41, 5.74) is -0.635. The first-order chi connectivity index (χ1) is 8.49. The van der Waals surface area contributed by atoms with Gasteiger partial charge >= 0.3 is 12.6 Å². The molecule has 0 heterocycles. The quantitative estimate of drug-likeness (QED) is 0.779. The van der Waals surface area contributed by atoms with Gasteiger partial charge in [0.15, 0.2) is 11.6 Å². The Morgan fingerprint density at radius 3 is 2.67 bits per heavy atom. The fourth-order valence-electron chi connectivity index (χ4n) is 1.21. The zero-order valence-corrected chi connectivity index (χ0v) is 9.25. The monoisotopic (exact) mass is 259 g/mol. The molecule has 0 atom stereocenters. The van der Waals surface area contributed by atoms with Gasteiger partial charge in [0.1, 0.15) is 6.07 Å². The number of carbonyl (C=O) groups is 1. The van der Waals surface area contributed by atoms with Gasteiger partial charge in [-0.2, -0.15) is 14.0 Å². The van der Waals surface area contributed by atoms with Crippen LogP contribution in [0.3, 0.4) is 0 Å². The van der Waals surface area contributed by atoms with Crippen molar-refractivity contribution in [3.8, 4) is 11.8 Å². The van der Waals surface area contributed by atoms with Crippen molar-refractivity contribution in [2.45, 2.75) is 13.5 Å². The third kappa shape index (κ3) is 3.13. The molecule has 0 saturated heterocycles. The molecule has 0 saturated carbocycles. The minimum Gasteiger partial charge on any atom is -0.462 e. The van der Waals surface area contributed by atoms with Gasteiger partial charge in [-0.05, 0) is 19.1 Å². The van der Waals surface area contributed by atoms with E-state index in [1.807, 2.05) is 0 Å². The van der Waals surface area contributed by atoms with Gasteiger partial charge in [0.2, 0.25) is 0 Å². The summed E-state index contributed by atoms with van der Waals surface area (Å²) in [5, 5.41) is 8.72. The van der Waals surface area contributed by atoms with E-state index in [4.69, 9.17) is 5.26 Å². The Kier molecular flexibility index (Phi) is 4.54. The van der Waals surface area contributed by atoms with Crippen LogP contribution in [0.1, 0.15) is 22.8 Å². The lowest BCUT2D eigenvalue weighted by Crippen LogP contribution is -2.10. The maximum absolute atomic E-state index is 13.3. The first-order valence-corrected chi connectivity index (χ1v) is 4.85. The van der Waals surface area contributed by atoms with Crippen molar-refractivity contribution in [3.63, 3.8) is 0 Å². The van der Waals surface area contributed by atoms with E-state index in [0.717, 1.165) is 6.07 Å². The molecule has 0 aliphatic rings. The van der Waals surface area contributed by atoms with E-state index in [2.05, 4.69) is 9.47 Å². The summed E-state index contributed by atoms with van der Waals surface area (Å²) in [6.45, 7) is -1.67. The third-order valence-electron chi connectivity index (χ3n) is 1.90.